The van der Waals surface area contributed by atoms with Gasteiger partial charge in [-0.1, -0.05) is 46.3 Å². The number of rotatable bonds is 5. The number of hydrogen-bond acceptors (Lipinski definition) is 2. The molecule has 0 fully saturated rings. The SMILES string of the molecule is Cc1cc(F)ccc1S(=O)(=O)NCC(Br)c1ccccc1. The Morgan fingerprint density at radius 2 is 1.86 bits per heavy atom. The summed E-state index contributed by atoms with van der Waals surface area (Å²) in [5, 5.41) is 0. The molecule has 0 bridgehead atoms. The third-order valence-electron chi connectivity index (χ3n) is 3.04. The summed E-state index contributed by atoms with van der Waals surface area (Å²) < 4.78 is 40.1. The van der Waals surface area contributed by atoms with Crippen LogP contribution in [0.15, 0.2) is 53.4 Å². The number of nitrogens with one attached hydrogen (secondary N) is 1. The van der Waals surface area contributed by atoms with E-state index in [4.69, 9.17) is 0 Å². The average molecular weight is 372 g/mol. The normalized spacial score (nSPS) is 13.1. The molecule has 2 rings (SSSR count). The van der Waals surface area contributed by atoms with E-state index in [1.54, 1.807) is 6.92 Å². The third kappa shape index (κ3) is 4.12. The van der Waals surface area contributed by atoms with E-state index in [2.05, 4.69) is 20.7 Å². The molecule has 0 aliphatic rings. The molecule has 0 aliphatic carbocycles. The van der Waals surface area contributed by atoms with Crippen molar-refractivity contribution in [1.82, 2.24) is 4.72 Å². The maximum Gasteiger partial charge on any atom is 0.240 e. The summed E-state index contributed by atoms with van der Waals surface area (Å²) in [6, 6.07) is 13.1. The number of aryl methyl sites for hydroxylation is 1. The van der Waals surface area contributed by atoms with Crippen molar-refractivity contribution < 1.29 is 12.8 Å². The van der Waals surface area contributed by atoms with Gasteiger partial charge >= 0.3 is 0 Å². The Bertz CT molecular complexity index is 720. The van der Waals surface area contributed by atoms with E-state index in [9.17, 15) is 12.8 Å². The van der Waals surface area contributed by atoms with Crippen LogP contribution in [-0.4, -0.2) is 15.0 Å². The topological polar surface area (TPSA) is 46.2 Å². The first-order chi connectivity index (χ1) is 9.90. The zero-order valence-corrected chi connectivity index (χ0v) is 13.8. The van der Waals surface area contributed by atoms with Gasteiger partial charge in [0.25, 0.3) is 0 Å². The Hall–Kier alpha value is -1.24. The van der Waals surface area contributed by atoms with Gasteiger partial charge in [-0.05, 0) is 36.2 Å². The van der Waals surface area contributed by atoms with Crippen molar-refractivity contribution >= 4 is 26.0 Å². The molecule has 0 saturated carbocycles. The zero-order chi connectivity index (χ0) is 15.5. The van der Waals surface area contributed by atoms with Crippen molar-refractivity contribution in [3.8, 4) is 0 Å². The predicted octanol–water partition coefficient (Wildman–Crippen LogP) is 3.55. The Morgan fingerprint density at radius 1 is 1.19 bits per heavy atom. The van der Waals surface area contributed by atoms with Gasteiger partial charge in [-0.25, -0.2) is 17.5 Å². The number of sulfonamides is 1. The fourth-order valence-corrected chi connectivity index (χ4v) is 3.91. The van der Waals surface area contributed by atoms with Gasteiger partial charge in [-0.3, -0.25) is 0 Å². The van der Waals surface area contributed by atoms with Crippen molar-refractivity contribution in [3.05, 3.63) is 65.5 Å². The first-order valence-corrected chi connectivity index (χ1v) is 8.75. The van der Waals surface area contributed by atoms with Crippen LogP contribution in [0.3, 0.4) is 0 Å². The highest BCUT2D eigenvalue weighted by Crippen LogP contribution is 2.22. The molecule has 2 aromatic rings. The standard InChI is InChI=1S/C15H15BrFNO2S/c1-11-9-13(17)7-8-15(11)21(19,20)18-10-14(16)12-5-3-2-4-6-12/h2-9,14,18H,10H2,1H3. The van der Waals surface area contributed by atoms with Crippen molar-refractivity contribution in [2.75, 3.05) is 6.54 Å². The Labute approximate surface area is 132 Å². The van der Waals surface area contributed by atoms with E-state index in [0.29, 0.717) is 5.56 Å². The van der Waals surface area contributed by atoms with Crippen molar-refractivity contribution in [2.24, 2.45) is 0 Å². The van der Waals surface area contributed by atoms with Crippen LogP contribution in [0.1, 0.15) is 16.0 Å². The predicted molar refractivity (Wildman–Crippen MR) is 84.4 cm³/mol. The summed E-state index contributed by atoms with van der Waals surface area (Å²) in [4.78, 5) is -0.0362. The molecule has 3 nitrogen and oxygen atoms in total. The van der Waals surface area contributed by atoms with E-state index in [1.807, 2.05) is 30.3 Å². The van der Waals surface area contributed by atoms with Crippen LogP contribution >= 0.6 is 15.9 Å². The lowest BCUT2D eigenvalue weighted by Crippen LogP contribution is -2.27. The van der Waals surface area contributed by atoms with Crippen LogP contribution < -0.4 is 4.72 Å². The maximum absolute atomic E-state index is 13.0. The second-order valence-electron chi connectivity index (χ2n) is 4.64. The minimum absolute atomic E-state index is 0.0941. The number of benzene rings is 2. The zero-order valence-electron chi connectivity index (χ0n) is 11.4. The van der Waals surface area contributed by atoms with Crippen LogP contribution in [0.25, 0.3) is 0 Å². The summed E-state index contributed by atoms with van der Waals surface area (Å²) in [6.07, 6.45) is 0. The van der Waals surface area contributed by atoms with E-state index in [0.717, 1.165) is 11.6 Å². The lowest BCUT2D eigenvalue weighted by Gasteiger charge is -2.13. The largest absolute Gasteiger partial charge is 0.240 e. The molecule has 1 atom stereocenters. The Balaban J connectivity index is 2.11. The molecular weight excluding hydrogens is 357 g/mol. The molecule has 0 spiro atoms. The molecule has 112 valence electrons. The highest BCUT2D eigenvalue weighted by molar-refractivity contribution is 9.09. The fraction of sp³-hybridized carbons (Fsp3) is 0.200. The second-order valence-corrected chi connectivity index (χ2v) is 7.48. The van der Waals surface area contributed by atoms with Crippen molar-refractivity contribution in [3.63, 3.8) is 0 Å². The fourth-order valence-electron chi connectivity index (χ4n) is 1.95. The minimum Gasteiger partial charge on any atom is -0.210 e. The Kier molecular flexibility index (Phi) is 5.13. The summed E-state index contributed by atoms with van der Waals surface area (Å²) in [6.45, 7) is 1.78. The molecule has 0 aromatic heterocycles. The number of halogens is 2. The molecule has 2 aromatic carbocycles. The quantitative estimate of drug-likeness (QED) is 0.816. The summed E-state index contributed by atoms with van der Waals surface area (Å²) in [7, 11) is -3.66. The number of alkyl halides is 1. The van der Waals surface area contributed by atoms with Crippen molar-refractivity contribution in [2.45, 2.75) is 16.6 Å². The summed E-state index contributed by atoms with van der Waals surface area (Å²) in [5.41, 5.74) is 1.37. The first kappa shape index (κ1) is 16.1. The lowest BCUT2D eigenvalue weighted by molar-refractivity contribution is 0.579. The van der Waals surface area contributed by atoms with Gasteiger partial charge in [0.05, 0.1) is 9.72 Å². The van der Waals surface area contributed by atoms with E-state index >= 15 is 0 Å². The smallest absolute Gasteiger partial charge is 0.210 e. The average Bonchev–Trinajstić information content (AvgIpc) is 2.45. The van der Waals surface area contributed by atoms with Crippen LogP contribution in [0.2, 0.25) is 0 Å². The molecule has 1 N–H and O–H groups in total. The minimum atomic E-state index is -3.66. The van der Waals surface area contributed by atoms with Crippen LogP contribution in [0, 0.1) is 12.7 Å². The van der Waals surface area contributed by atoms with Gasteiger partial charge in [0.15, 0.2) is 0 Å². The summed E-state index contributed by atoms with van der Waals surface area (Å²) >= 11 is 3.45. The molecule has 0 amide bonds. The van der Waals surface area contributed by atoms with Gasteiger partial charge < -0.3 is 0 Å². The van der Waals surface area contributed by atoms with Crippen LogP contribution in [0.4, 0.5) is 4.39 Å². The molecular formula is C15H15BrFNO2S. The third-order valence-corrected chi connectivity index (χ3v) is 5.48. The van der Waals surface area contributed by atoms with E-state index < -0.39 is 15.8 Å². The van der Waals surface area contributed by atoms with E-state index in [-0.39, 0.29) is 16.3 Å². The van der Waals surface area contributed by atoms with Gasteiger partial charge in [-0.2, -0.15) is 0 Å². The lowest BCUT2D eigenvalue weighted by atomic mass is 10.2. The molecule has 0 radical (unpaired) electrons. The van der Waals surface area contributed by atoms with Crippen molar-refractivity contribution in [1.29, 1.82) is 0 Å². The molecule has 6 heteroatoms. The van der Waals surface area contributed by atoms with Crippen LogP contribution in [0.5, 0.6) is 0 Å². The molecule has 0 aliphatic heterocycles. The van der Waals surface area contributed by atoms with Gasteiger partial charge in [0, 0.05) is 6.54 Å². The van der Waals surface area contributed by atoms with E-state index in [1.165, 1.54) is 12.1 Å². The molecule has 0 saturated heterocycles. The second kappa shape index (κ2) is 6.68. The monoisotopic (exact) mass is 371 g/mol. The molecule has 1 unspecified atom stereocenters. The first-order valence-electron chi connectivity index (χ1n) is 6.35. The number of hydrogen-bond donors (Lipinski definition) is 1. The van der Waals surface area contributed by atoms with Crippen LogP contribution in [-0.2, 0) is 10.0 Å². The van der Waals surface area contributed by atoms with Gasteiger partial charge in [0.1, 0.15) is 5.82 Å². The highest BCUT2D eigenvalue weighted by atomic mass is 79.9. The summed E-state index contributed by atoms with van der Waals surface area (Å²) in [5.74, 6) is -0.450. The molecule has 0 heterocycles. The molecule has 21 heavy (non-hydrogen) atoms. The van der Waals surface area contributed by atoms with Gasteiger partial charge in [0.2, 0.25) is 10.0 Å². The maximum atomic E-state index is 13.0. The van der Waals surface area contributed by atoms with Gasteiger partial charge in [-0.15, -0.1) is 0 Å². The highest BCUT2D eigenvalue weighted by Gasteiger charge is 2.18. The Morgan fingerprint density at radius 3 is 2.48 bits per heavy atom.